The molecule has 0 radical (unpaired) electrons. The second-order valence-electron chi connectivity index (χ2n) is 5.30. The van der Waals surface area contributed by atoms with Crippen LogP contribution >= 0.6 is 0 Å². The lowest BCUT2D eigenvalue weighted by molar-refractivity contribution is 0.593. The average Bonchev–Trinajstić information content (AvgIpc) is 3.04. The number of rotatable bonds is 6. The SMILES string of the molecule is Cc1[nH]nc(S(=O)(=O)Nc2cnn(C)c2)c1CNC1CC1. The van der Waals surface area contributed by atoms with Crippen molar-refractivity contribution in [2.45, 2.75) is 37.4 Å². The van der Waals surface area contributed by atoms with E-state index in [1.807, 2.05) is 6.92 Å². The highest BCUT2D eigenvalue weighted by atomic mass is 32.2. The Balaban J connectivity index is 1.83. The third kappa shape index (κ3) is 3.08. The van der Waals surface area contributed by atoms with Crippen LogP contribution in [-0.4, -0.2) is 34.4 Å². The number of nitrogens with one attached hydrogen (secondary N) is 3. The summed E-state index contributed by atoms with van der Waals surface area (Å²) in [7, 11) is -2.00. The molecule has 21 heavy (non-hydrogen) atoms. The number of nitrogens with zero attached hydrogens (tertiary/aromatic N) is 3. The van der Waals surface area contributed by atoms with Crippen LogP contribution in [0.3, 0.4) is 0 Å². The van der Waals surface area contributed by atoms with E-state index in [2.05, 4.69) is 25.3 Å². The van der Waals surface area contributed by atoms with Crippen molar-refractivity contribution in [1.82, 2.24) is 25.3 Å². The van der Waals surface area contributed by atoms with Gasteiger partial charge in [0.05, 0.1) is 11.9 Å². The summed E-state index contributed by atoms with van der Waals surface area (Å²) in [6.45, 7) is 2.32. The summed E-state index contributed by atoms with van der Waals surface area (Å²) < 4.78 is 28.9. The lowest BCUT2D eigenvalue weighted by Crippen LogP contribution is -2.20. The fraction of sp³-hybridized carbons (Fsp3) is 0.500. The predicted molar refractivity (Wildman–Crippen MR) is 77.2 cm³/mol. The maximum atomic E-state index is 12.4. The molecule has 0 unspecified atom stereocenters. The molecule has 8 nitrogen and oxygen atoms in total. The van der Waals surface area contributed by atoms with Gasteiger partial charge < -0.3 is 5.32 Å². The smallest absolute Gasteiger partial charge is 0.281 e. The summed E-state index contributed by atoms with van der Waals surface area (Å²) in [5.41, 5.74) is 1.85. The molecule has 9 heteroatoms. The third-order valence-electron chi connectivity index (χ3n) is 3.39. The summed E-state index contributed by atoms with van der Waals surface area (Å²) in [4.78, 5) is 0. The van der Waals surface area contributed by atoms with Gasteiger partial charge >= 0.3 is 0 Å². The number of H-pyrrole nitrogens is 1. The first-order chi connectivity index (χ1) is 9.95. The molecule has 2 heterocycles. The van der Waals surface area contributed by atoms with Crippen molar-refractivity contribution < 1.29 is 8.42 Å². The Bertz CT molecular complexity index is 744. The van der Waals surface area contributed by atoms with E-state index in [4.69, 9.17) is 0 Å². The summed E-state index contributed by atoms with van der Waals surface area (Å²) in [5.74, 6) is 0. The molecule has 0 amide bonds. The van der Waals surface area contributed by atoms with Crippen molar-refractivity contribution in [3.05, 3.63) is 23.7 Å². The number of hydrogen-bond donors (Lipinski definition) is 3. The Morgan fingerprint density at radius 3 is 2.86 bits per heavy atom. The van der Waals surface area contributed by atoms with E-state index in [9.17, 15) is 8.42 Å². The molecule has 1 aliphatic rings. The minimum absolute atomic E-state index is 0.0389. The molecule has 2 aromatic heterocycles. The zero-order valence-corrected chi connectivity index (χ0v) is 12.7. The Hall–Kier alpha value is -1.87. The van der Waals surface area contributed by atoms with Gasteiger partial charge in [0.15, 0.2) is 0 Å². The third-order valence-corrected chi connectivity index (χ3v) is 4.74. The van der Waals surface area contributed by atoms with Crippen LogP contribution in [0.15, 0.2) is 17.4 Å². The standard InChI is InChI=1S/C12H18N6O2S/c1-8-11(6-13-9-3-4-9)12(16-15-8)21(19,20)17-10-5-14-18(2)7-10/h5,7,9,13,17H,3-4,6H2,1-2H3,(H,15,16). The highest BCUT2D eigenvalue weighted by molar-refractivity contribution is 7.92. The molecule has 1 fully saturated rings. The van der Waals surface area contributed by atoms with Crippen molar-refractivity contribution in [1.29, 1.82) is 0 Å². The van der Waals surface area contributed by atoms with Crippen LogP contribution in [-0.2, 0) is 23.6 Å². The van der Waals surface area contributed by atoms with Crippen LogP contribution in [0.4, 0.5) is 5.69 Å². The van der Waals surface area contributed by atoms with Gasteiger partial charge in [-0.05, 0) is 19.8 Å². The number of aromatic nitrogens is 4. The molecule has 3 rings (SSSR count). The first kappa shape index (κ1) is 14.1. The zero-order chi connectivity index (χ0) is 15.0. The number of aromatic amines is 1. The minimum Gasteiger partial charge on any atom is -0.310 e. The molecule has 0 aliphatic heterocycles. The number of anilines is 1. The highest BCUT2D eigenvalue weighted by Crippen LogP contribution is 2.23. The number of sulfonamides is 1. The fourth-order valence-corrected chi connectivity index (χ4v) is 3.30. The molecule has 3 N–H and O–H groups in total. The molecule has 0 spiro atoms. The van der Waals surface area contributed by atoms with Gasteiger partial charge in [0, 0.05) is 37.1 Å². The van der Waals surface area contributed by atoms with Gasteiger partial charge in [-0.1, -0.05) is 0 Å². The van der Waals surface area contributed by atoms with Gasteiger partial charge in [0.2, 0.25) is 5.03 Å². The van der Waals surface area contributed by atoms with E-state index in [0.29, 0.717) is 23.8 Å². The van der Waals surface area contributed by atoms with Gasteiger partial charge in [0.1, 0.15) is 0 Å². The molecule has 2 aromatic rings. The van der Waals surface area contributed by atoms with Crippen LogP contribution in [0.25, 0.3) is 0 Å². The van der Waals surface area contributed by atoms with Gasteiger partial charge in [-0.15, -0.1) is 0 Å². The van der Waals surface area contributed by atoms with Crippen LogP contribution < -0.4 is 10.0 Å². The summed E-state index contributed by atoms with van der Waals surface area (Å²) in [5, 5.41) is 14.0. The van der Waals surface area contributed by atoms with Crippen LogP contribution in [0, 0.1) is 6.92 Å². The van der Waals surface area contributed by atoms with Crippen LogP contribution in [0.1, 0.15) is 24.1 Å². The predicted octanol–water partition coefficient (Wildman–Crippen LogP) is 0.504. The van der Waals surface area contributed by atoms with Crippen molar-refractivity contribution in [3.8, 4) is 0 Å². The van der Waals surface area contributed by atoms with Crippen LogP contribution in [0.5, 0.6) is 0 Å². The maximum absolute atomic E-state index is 12.4. The van der Waals surface area contributed by atoms with E-state index in [1.54, 1.807) is 13.2 Å². The van der Waals surface area contributed by atoms with Gasteiger partial charge in [-0.25, -0.2) is 0 Å². The molecule has 0 aromatic carbocycles. The van der Waals surface area contributed by atoms with Gasteiger partial charge in [0.25, 0.3) is 10.0 Å². The summed E-state index contributed by atoms with van der Waals surface area (Å²) >= 11 is 0. The Morgan fingerprint density at radius 1 is 1.48 bits per heavy atom. The average molecular weight is 310 g/mol. The van der Waals surface area contributed by atoms with Gasteiger partial charge in [-0.2, -0.15) is 18.6 Å². The van der Waals surface area contributed by atoms with Gasteiger partial charge in [-0.3, -0.25) is 14.5 Å². The maximum Gasteiger partial charge on any atom is 0.281 e. The van der Waals surface area contributed by atoms with E-state index in [-0.39, 0.29) is 5.03 Å². The summed E-state index contributed by atoms with van der Waals surface area (Å²) in [6, 6.07) is 0.501. The molecule has 114 valence electrons. The molecular weight excluding hydrogens is 292 g/mol. The Morgan fingerprint density at radius 2 is 2.24 bits per heavy atom. The van der Waals surface area contributed by atoms with E-state index < -0.39 is 10.0 Å². The monoisotopic (exact) mass is 310 g/mol. The van der Waals surface area contributed by atoms with E-state index >= 15 is 0 Å². The second kappa shape index (κ2) is 5.15. The normalized spacial score (nSPS) is 15.3. The lowest BCUT2D eigenvalue weighted by Gasteiger charge is -2.07. The van der Waals surface area contributed by atoms with Crippen molar-refractivity contribution in [3.63, 3.8) is 0 Å². The highest BCUT2D eigenvalue weighted by Gasteiger charge is 2.26. The van der Waals surface area contributed by atoms with Crippen LogP contribution in [0.2, 0.25) is 0 Å². The fourth-order valence-electron chi connectivity index (χ4n) is 2.07. The molecular formula is C12H18N6O2S. The molecule has 0 saturated heterocycles. The topological polar surface area (TPSA) is 105 Å². The lowest BCUT2D eigenvalue weighted by atomic mass is 10.2. The largest absolute Gasteiger partial charge is 0.310 e. The van der Waals surface area contributed by atoms with Crippen molar-refractivity contribution in [2.24, 2.45) is 7.05 Å². The van der Waals surface area contributed by atoms with Crippen molar-refractivity contribution in [2.75, 3.05) is 4.72 Å². The Labute approximate surface area is 123 Å². The molecule has 0 atom stereocenters. The molecule has 0 bridgehead atoms. The molecule has 1 saturated carbocycles. The quantitative estimate of drug-likeness (QED) is 0.721. The Kier molecular flexibility index (Phi) is 3.46. The van der Waals surface area contributed by atoms with E-state index in [0.717, 1.165) is 18.5 Å². The van der Waals surface area contributed by atoms with E-state index in [1.165, 1.54) is 10.9 Å². The minimum atomic E-state index is -3.72. The van der Waals surface area contributed by atoms with Crippen molar-refractivity contribution >= 4 is 15.7 Å². The first-order valence-electron chi connectivity index (χ1n) is 6.74. The first-order valence-corrected chi connectivity index (χ1v) is 8.23. The zero-order valence-electron chi connectivity index (χ0n) is 11.9. The molecule has 1 aliphatic carbocycles. The second-order valence-corrected chi connectivity index (χ2v) is 6.89. The number of aryl methyl sites for hydroxylation is 2. The summed E-state index contributed by atoms with van der Waals surface area (Å²) in [6.07, 6.45) is 5.35. The number of hydrogen-bond acceptors (Lipinski definition) is 5.